The van der Waals surface area contributed by atoms with Gasteiger partial charge < -0.3 is 19.5 Å². The van der Waals surface area contributed by atoms with Crippen LogP contribution in [0.4, 0.5) is 5.82 Å². The van der Waals surface area contributed by atoms with Gasteiger partial charge in [0, 0.05) is 6.20 Å². The maximum atomic E-state index is 12.3. The average molecular weight is 379 g/mol. The van der Waals surface area contributed by atoms with Gasteiger partial charge in [-0.3, -0.25) is 4.79 Å². The Labute approximate surface area is 156 Å². The second kappa shape index (κ2) is 9.05. The topological polar surface area (TPSA) is 86.8 Å². The fourth-order valence-electron chi connectivity index (χ4n) is 2.03. The van der Waals surface area contributed by atoms with E-state index < -0.39 is 18.0 Å². The number of hydrogen-bond acceptors (Lipinski definition) is 6. The molecule has 1 aromatic carbocycles. The lowest BCUT2D eigenvalue weighted by Crippen LogP contribution is -2.30. The van der Waals surface area contributed by atoms with E-state index in [1.54, 1.807) is 24.3 Å². The molecule has 26 heavy (non-hydrogen) atoms. The number of aromatic nitrogens is 1. The van der Waals surface area contributed by atoms with Gasteiger partial charge in [0.2, 0.25) is 0 Å². The smallest absolute Gasteiger partial charge is 0.339 e. The first-order valence-corrected chi connectivity index (χ1v) is 8.26. The van der Waals surface area contributed by atoms with E-state index in [2.05, 4.69) is 10.3 Å². The minimum Gasteiger partial charge on any atom is -0.493 e. The molecule has 1 heterocycles. The SMILES string of the molecule is CCOc1ccc(C(=O)O[C@H](C)C(=O)Nc2ccc(Cl)cn2)cc1OC. The molecule has 0 aliphatic heterocycles. The second-order valence-electron chi connectivity index (χ2n) is 5.20. The van der Waals surface area contributed by atoms with Gasteiger partial charge in [0.15, 0.2) is 17.6 Å². The number of amides is 1. The highest BCUT2D eigenvalue weighted by Gasteiger charge is 2.20. The standard InChI is InChI=1S/C18H19ClN2O5/c1-4-25-14-7-5-12(9-15(14)24-3)18(23)26-11(2)17(22)21-16-8-6-13(19)10-20-16/h5-11H,4H2,1-3H3,(H,20,21,22)/t11-/m1/s1. The highest BCUT2D eigenvalue weighted by Crippen LogP contribution is 2.28. The van der Waals surface area contributed by atoms with Crippen LogP contribution in [0.3, 0.4) is 0 Å². The van der Waals surface area contributed by atoms with Crippen molar-refractivity contribution in [2.45, 2.75) is 20.0 Å². The number of esters is 1. The molecule has 2 rings (SSSR count). The average Bonchev–Trinajstić information content (AvgIpc) is 2.64. The van der Waals surface area contributed by atoms with E-state index >= 15 is 0 Å². The van der Waals surface area contributed by atoms with Crippen molar-refractivity contribution in [1.82, 2.24) is 4.98 Å². The number of methoxy groups -OCH3 is 1. The van der Waals surface area contributed by atoms with Crippen molar-refractivity contribution < 1.29 is 23.8 Å². The minimum absolute atomic E-state index is 0.245. The van der Waals surface area contributed by atoms with E-state index in [-0.39, 0.29) is 5.56 Å². The van der Waals surface area contributed by atoms with E-state index in [9.17, 15) is 9.59 Å². The van der Waals surface area contributed by atoms with Crippen LogP contribution in [-0.4, -0.2) is 36.7 Å². The molecular weight excluding hydrogens is 360 g/mol. The summed E-state index contributed by atoms with van der Waals surface area (Å²) in [5, 5.41) is 2.99. The Balaban J connectivity index is 2.01. The fraction of sp³-hybridized carbons (Fsp3) is 0.278. The summed E-state index contributed by atoms with van der Waals surface area (Å²) >= 11 is 5.74. The second-order valence-corrected chi connectivity index (χ2v) is 5.63. The number of ether oxygens (including phenoxy) is 3. The number of nitrogens with zero attached hydrogens (tertiary/aromatic N) is 1. The Morgan fingerprint density at radius 3 is 2.62 bits per heavy atom. The molecule has 0 fully saturated rings. The predicted octanol–water partition coefficient (Wildman–Crippen LogP) is 3.33. The minimum atomic E-state index is -1.02. The third-order valence-corrected chi connectivity index (χ3v) is 3.55. The number of pyridine rings is 1. The van der Waals surface area contributed by atoms with Gasteiger partial charge >= 0.3 is 5.97 Å². The van der Waals surface area contributed by atoms with Crippen LogP contribution in [0.1, 0.15) is 24.2 Å². The predicted molar refractivity (Wildman–Crippen MR) is 96.9 cm³/mol. The fourth-order valence-corrected chi connectivity index (χ4v) is 2.14. The molecule has 1 atom stereocenters. The summed E-state index contributed by atoms with van der Waals surface area (Å²) in [5.74, 6) is 0.0732. The third kappa shape index (κ3) is 5.10. The molecule has 0 bridgehead atoms. The van der Waals surface area contributed by atoms with Crippen LogP contribution < -0.4 is 14.8 Å². The van der Waals surface area contributed by atoms with Crippen molar-refractivity contribution in [3.8, 4) is 11.5 Å². The summed E-state index contributed by atoms with van der Waals surface area (Å²) in [6.07, 6.45) is 0.387. The van der Waals surface area contributed by atoms with E-state index in [4.69, 9.17) is 25.8 Å². The van der Waals surface area contributed by atoms with Crippen molar-refractivity contribution in [1.29, 1.82) is 0 Å². The lowest BCUT2D eigenvalue weighted by molar-refractivity contribution is -0.123. The summed E-state index contributed by atoms with van der Waals surface area (Å²) in [6.45, 7) is 3.78. The summed E-state index contributed by atoms with van der Waals surface area (Å²) in [4.78, 5) is 28.3. The Kier molecular flexibility index (Phi) is 6.80. The molecule has 8 heteroatoms. The van der Waals surface area contributed by atoms with Gasteiger partial charge in [-0.1, -0.05) is 11.6 Å². The quantitative estimate of drug-likeness (QED) is 0.744. The lowest BCUT2D eigenvalue weighted by Gasteiger charge is -2.14. The first-order chi connectivity index (χ1) is 12.4. The van der Waals surface area contributed by atoms with E-state index in [0.717, 1.165) is 0 Å². The van der Waals surface area contributed by atoms with Gasteiger partial charge in [-0.05, 0) is 44.2 Å². The molecule has 0 spiro atoms. The van der Waals surface area contributed by atoms with Gasteiger partial charge in [-0.2, -0.15) is 0 Å². The molecule has 0 radical (unpaired) electrons. The van der Waals surface area contributed by atoms with Crippen molar-refractivity contribution in [3.05, 3.63) is 47.1 Å². The summed E-state index contributed by atoms with van der Waals surface area (Å²) in [7, 11) is 1.47. The Morgan fingerprint density at radius 1 is 1.23 bits per heavy atom. The van der Waals surface area contributed by atoms with Crippen LogP contribution in [0.2, 0.25) is 5.02 Å². The maximum absolute atomic E-state index is 12.3. The zero-order chi connectivity index (χ0) is 19.1. The summed E-state index contributed by atoms with van der Waals surface area (Å²) in [5.41, 5.74) is 0.245. The van der Waals surface area contributed by atoms with Crippen LogP contribution in [0.15, 0.2) is 36.5 Å². The molecule has 2 aromatic rings. The number of carbonyl (C=O) groups excluding carboxylic acids is 2. The molecule has 0 aliphatic carbocycles. The first-order valence-electron chi connectivity index (χ1n) is 7.88. The van der Waals surface area contributed by atoms with Crippen molar-refractivity contribution in [2.24, 2.45) is 0 Å². The molecule has 0 unspecified atom stereocenters. The largest absolute Gasteiger partial charge is 0.493 e. The number of carbonyl (C=O) groups is 2. The number of anilines is 1. The molecule has 0 saturated heterocycles. The molecule has 1 amide bonds. The first kappa shape index (κ1) is 19.5. The van der Waals surface area contributed by atoms with Crippen LogP contribution in [-0.2, 0) is 9.53 Å². The molecule has 1 N–H and O–H groups in total. The highest BCUT2D eigenvalue weighted by molar-refractivity contribution is 6.30. The zero-order valence-electron chi connectivity index (χ0n) is 14.6. The molecule has 7 nitrogen and oxygen atoms in total. The number of rotatable bonds is 7. The normalized spacial score (nSPS) is 11.4. The van der Waals surface area contributed by atoms with E-state index in [1.807, 2.05) is 6.92 Å². The van der Waals surface area contributed by atoms with E-state index in [1.165, 1.54) is 26.3 Å². The highest BCUT2D eigenvalue weighted by atomic mass is 35.5. The van der Waals surface area contributed by atoms with Crippen LogP contribution in [0, 0.1) is 0 Å². The molecule has 0 saturated carbocycles. The summed E-state index contributed by atoms with van der Waals surface area (Å²) < 4.78 is 15.8. The number of nitrogens with one attached hydrogen (secondary N) is 1. The van der Waals surface area contributed by atoms with Gasteiger partial charge in [-0.15, -0.1) is 0 Å². The van der Waals surface area contributed by atoms with Crippen molar-refractivity contribution in [2.75, 3.05) is 19.0 Å². The Morgan fingerprint density at radius 2 is 2.00 bits per heavy atom. The third-order valence-electron chi connectivity index (χ3n) is 3.33. The number of halogens is 1. The van der Waals surface area contributed by atoms with Gasteiger partial charge in [0.25, 0.3) is 5.91 Å². The lowest BCUT2D eigenvalue weighted by atomic mass is 10.2. The van der Waals surface area contributed by atoms with Gasteiger partial charge in [0.1, 0.15) is 5.82 Å². The maximum Gasteiger partial charge on any atom is 0.339 e. The van der Waals surface area contributed by atoms with Crippen LogP contribution in [0.5, 0.6) is 11.5 Å². The monoisotopic (exact) mass is 378 g/mol. The van der Waals surface area contributed by atoms with Gasteiger partial charge in [0.05, 0.1) is 24.3 Å². The van der Waals surface area contributed by atoms with Gasteiger partial charge in [-0.25, -0.2) is 9.78 Å². The summed E-state index contributed by atoms with van der Waals surface area (Å²) in [6, 6.07) is 7.79. The molecule has 1 aromatic heterocycles. The van der Waals surface area contributed by atoms with Crippen molar-refractivity contribution >= 4 is 29.3 Å². The molecule has 0 aliphatic rings. The number of hydrogen-bond donors (Lipinski definition) is 1. The van der Waals surface area contributed by atoms with Crippen LogP contribution in [0.25, 0.3) is 0 Å². The molecular formula is C18H19ClN2O5. The Hall–Kier alpha value is -2.80. The van der Waals surface area contributed by atoms with Crippen molar-refractivity contribution in [3.63, 3.8) is 0 Å². The zero-order valence-corrected chi connectivity index (χ0v) is 15.4. The molecule has 138 valence electrons. The van der Waals surface area contributed by atoms with E-state index in [0.29, 0.717) is 28.9 Å². The van der Waals surface area contributed by atoms with Crippen LogP contribution >= 0.6 is 11.6 Å². The number of benzene rings is 1. The Bertz CT molecular complexity index is 780.